The highest BCUT2D eigenvalue weighted by atomic mass is 16.5. The van der Waals surface area contributed by atoms with Crippen molar-refractivity contribution in [2.45, 2.75) is 19.8 Å². The maximum atomic E-state index is 11.1. The molecule has 0 fully saturated rings. The third-order valence-corrected chi connectivity index (χ3v) is 2.05. The van der Waals surface area contributed by atoms with Gasteiger partial charge in [-0.15, -0.1) is 0 Å². The van der Waals surface area contributed by atoms with Crippen LogP contribution >= 0.6 is 0 Å². The Balaban J connectivity index is 3.07. The van der Waals surface area contributed by atoms with E-state index in [2.05, 4.69) is 17.6 Å². The van der Waals surface area contributed by atoms with Gasteiger partial charge < -0.3 is 20.3 Å². The van der Waals surface area contributed by atoms with Gasteiger partial charge in [-0.1, -0.05) is 13.3 Å². The van der Waals surface area contributed by atoms with Gasteiger partial charge >= 0.3 is 6.03 Å². The molecule has 0 heterocycles. The molecular formula is C11H25N3O2. The average molecular weight is 231 g/mol. The Bertz CT molecular complexity index is 175. The predicted molar refractivity (Wildman–Crippen MR) is 65.7 cm³/mol. The topological polar surface area (TPSA) is 53.6 Å². The maximum Gasteiger partial charge on any atom is 0.316 e. The Labute approximate surface area is 98.5 Å². The van der Waals surface area contributed by atoms with Gasteiger partial charge in [0.1, 0.15) is 0 Å². The van der Waals surface area contributed by atoms with Gasteiger partial charge in [0.05, 0.1) is 6.61 Å². The molecule has 0 aromatic heterocycles. The third kappa shape index (κ3) is 9.73. The van der Waals surface area contributed by atoms with E-state index < -0.39 is 0 Å². The molecule has 0 bridgehead atoms. The summed E-state index contributed by atoms with van der Waals surface area (Å²) < 4.78 is 5.38. The van der Waals surface area contributed by atoms with E-state index in [0.717, 1.165) is 32.7 Å². The van der Waals surface area contributed by atoms with Gasteiger partial charge in [0.2, 0.25) is 0 Å². The van der Waals surface area contributed by atoms with E-state index in [-0.39, 0.29) is 6.03 Å². The van der Waals surface area contributed by atoms with E-state index in [9.17, 15) is 4.79 Å². The van der Waals surface area contributed by atoms with E-state index in [4.69, 9.17) is 4.74 Å². The molecule has 0 aliphatic heterocycles. The molecule has 0 aromatic carbocycles. The van der Waals surface area contributed by atoms with Crippen LogP contribution in [0, 0.1) is 0 Å². The molecule has 0 rings (SSSR count). The van der Waals surface area contributed by atoms with Crippen LogP contribution in [0.4, 0.5) is 4.79 Å². The second-order valence-corrected chi connectivity index (χ2v) is 3.84. The number of urea groups is 1. The number of hydrogen-bond acceptors (Lipinski definition) is 3. The third-order valence-electron chi connectivity index (χ3n) is 2.05. The van der Waals surface area contributed by atoms with E-state index in [1.54, 1.807) is 14.1 Å². The Morgan fingerprint density at radius 2 is 1.94 bits per heavy atom. The van der Waals surface area contributed by atoms with Crippen molar-refractivity contribution < 1.29 is 9.53 Å². The van der Waals surface area contributed by atoms with Crippen molar-refractivity contribution in [3.05, 3.63) is 0 Å². The lowest BCUT2D eigenvalue weighted by molar-refractivity contribution is 0.133. The monoisotopic (exact) mass is 231 g/mol. The molecule has 0 saturated carbocycles. The molecule has 0 saturated heterocycles. The van der Waals surface area contributed by atoms with Crippen molar-refractivity contribution >= 4 is 6.03 Å². The van der Waals surface area contributed by atoms with Crippen molar-refractivity contribution in [2.75, 3.05) is 46.9 Å². The van der Waals surface area contributed by atoms with Gasteiger partial charge in [0.25, 0.3) is 0 Å². The van der Waals surface area contributed by atoms with Crippen molar-refractivity contribution in [1.29, 1.82) is 0 Å². The first-order valence-corrected chi connectivity index (χ1v) is 5.92. The fraction of sp³-hybridized carbons (Fsp3) is 0.909. The summed E-state index contributed by atoms with van der Waals surface area (Å²) in [5, 5.41) is 5.98. The van der Waals surface area contributed by atoms with Crippen LogP contribution in [0.2, 0.25) is 0 Å². The fourth-order valence-corrected chi connectivity index (χ4v) is 1.03. The second kappa shape index (κ2) is 10.7. The highest BCUT2D eigenvalue weighted by molar-refractivity contribution is 5.73. The molecule has 2 amide bonds. The van der Waals surface area contributed by atoms with Gasteiger partial charge in [0.15, 0.2) is 0 Å². The molecule has 0 unspecified atom stereocenters. The summed E-state index contributed by atoms with van der Waals surface area (Å²) in [7, 11) is 3.45. The minimum Gasteiger partial charge on any atom is -0.380 e. The van der Waals surface area contributed by atoms with E-state index in [0.29, 0.717) is 6.54 Å². The van der Waals surface area contributed by atoms with Crippen LogP contribution in [0.25, 0.3) is 0 Å². The molecule has 0 aliphatic rings. The minimum absolute atomic E-state index is 0.0546. The summed E-state index contributed by atoms with van der Waals surface area (Å²) in [5.41, 5.74) is 0. The number of unbranched alkanes of at least 4 members (excludes halogenated alkanes) is 1. The zero-order valence-electron chi connectivity index (χ0n) is 10.7. The van der Waals surface area contributed by atoms with Crippen LogP contribution < -0.4 is 10.6 Å². The Kier molecular flexibility index (Phi) is 10.2. The summed E-state index contributed by atoms with van der Waals surface area (Å²) >= 11 is 0. The quantitative estimate of drug-likeness (QED) is 0.573. The summed E-state index contributed by atoms with van der Waals surface area (Å²) in [6.45, 7) is 5.98. The molecule has 2 N–H and O–H groups in total. The molecule has 0 radical (unpaired) electrons. The first kappa shape index (κ1) is 15.2. The molecular weight excluding hydrogens is 206 g/mol. The average Bonchev–Trinajstić information content (AvgIpc) is 2.26. The van der Waals surface area contributed by atoms with Crippen LogP contribution in [0.1, 0.15) is 19.8 Å². The SMILES string of the molecule is CCCCOCCNCCNC(=O)N(C)C. The number of rotatable bonds is 9. The molecule has 5 nitrogen and oxygen atoms in total. The maximum absolute atomic E-state index is 11.1. The van der Waals surface area contributed by atoms with Crippen molar-refractivity contribution in [2.24, 2.45) is 0 Å². The molecule has 16 heavy (non-hydrogen) atoms. The second-order valence-electron chi connectivity index (χ2n) is 3.84. The highest BCUT2D eigenvalue weighted by Gasteiger charge is 1.99. The van der Waals surface area contributed by atoms with Gasteiger partial charge in [0, 0.05) is 40.3 Å². The largest absolute Gasteiger partial charge is 0.380 e. The number of hydrogen-bond donors (Lipinski definition) is 2. The Hall–Kier alpha value is -0.810. The normalized spacial score (nSPS) is 10.2. The first-order chi connectivity index (χ1) is 7.68. The number of nitrogens with one attached hydrogen (secondary N) is 2. The van der Waals surface area contributed by atoms with Gasteiger partial charge in [-0.05, 0) is 6.42 Å². The Morgan fingerprint density at radius 1 is 1.19 bits per heavy atom. The number of carbonyl (C=O) groups is 1. The van der Waals surface area contributed by atoms with Crippen LogP contribution in [-0.4, -0.2) is 57.9 Å². The highest BCUT2D eigenvalue weighted by Crippen LogP contribution is 1.86. The Morgan fingerprint density at radius 3 is 2.56 bits per heavy atom. The van der Waals surface area contributed by atoms with Crippen molar-refractivity contribution in [3.8, 4) is 0 Å². The first-order valence-electron chi connectivity index (χ1n) is 5.92. The summed E-state index contributed by atoms with van der Waals surface area (Å²) in [4.78, 5) is 12.6. The van der Waals surface area contributed by atoms with Gasteiger partial charge in [-0.3, -0.25) is 0 Å². The summed E-state index contributed by atoms with van der Waals surface area (Å²) in [6, 6.07) is -0.0546. The van der Waals surface area contributed by atoms with Crippen LogP contribution in [-0.2, 0) is 4.74 Å². The zero-order chi connectivity index (χ0) is 12.2. The summed E-state index contributed by atoms with van der Waals surface area (Å²) in [6.07, 6.45) is 2.29. The van der Waals surface area contributed by atoms with E-state index >= 15 is 0 Å². The summed E-state index contributed by atoms with van der Waals surface area (Å²) in [5.74, 6) is 0. The number of amides is 2. The number of ether oxygens (including phenoxy) is 1. The molecule has 0 atom stereocenters. The lowest BCUT2D eigenvalue weighted by atomic mass is 10.4. The van der Waals surface area contributed by atoms with Crippen molar-refractivity contribution in [3.63, 3.8) is 0 Å². The molecule has 96 valence electrons. The van der Waals surface area contributed by atoms with Crippen LogP contribution in [0.3, 0.4) is 0 Å². The number of nitrogens with zero attached hydrogens (tertiary/aromatic N) is 1. The smallest absolute Gasteiger partial charge is 0.316 e. The van der Waals surface area contributed by atoms with Gasteiger partial charge in [-0.2, -0.15) is 0 Å². The van der Waals surface area contributed by atoms with E-state index in [1.165, 1.54) is 11.3 Å². The number of carbonyl (C=O) groups excluding carboxylic acids is 1. The van der Waals surface area contributed by atoms with Gasteiger partial charge in [-0.25, -0.2) is 4.79 Å². The minimum atomic E-state index is -0.0546. The predicted octanol–water partition coefficient (Wildman–Crippen LogP) is 0.664. The standard InChI is InChI=1S/C11H25N3O2/c1-4-5-9-16-10-8-12-6-7-13-11(15)14(2)3/h12H,4-10H2,1-3H3,(H,13,15). The molecule has 0 aliphatic carbocycles. The van der Waals surface area contributed by atoms with Crippen LogP contribution in [0.15, 0.2) is 0 Å². The lowest BCUT2D eigenvalue weighted by Gasteiger charge is -2.12. The lowest BCUT2D eigenvalue weighted by Crippen LogP contribution is -2.38. The molecule has 0 spiro atoms. The molecule has 0 aromatic rings. The van der Waals surface area contributed by atoms with E-state index in [1.807, 2.05) is 0 Å². The van der Waals surface area contributed by atoms with Crippen LogP contribution in [0.5, 0.6) is 0 Å². The molecule has 5 heteroatoms. The van der Waals surface area contributed by atoms with Crippen molar-refractivity contribution in [1.82, 2.24) is 15.5 Å². The zero-order valence-corrected chi connectivity index (χ0v) is 10.7. The fourth-order valence-electron chi connectivity index (χ4n) is 1.03.